The van der Waals surface area contributed by atoms with Crippen LogP contribution in [-0.2, 0) is 31.9 Å². The van der Waals surface area contributed by atoms with Crippen LogP contribution in [0.25, 0.3) is 0 Å². The van der Waals surface area contributed by atoms with Crippen LogP contribution in [-0.4, -0.2) is 50.1 Å². The topological polar surface area (TPSA) is 111 Å². The maximum atomic E-state index is 13.4. The molecule has 0 fully saturated rings. The molecule has 0 radical (unpaired) electrons. The first-order valence-corrected chi connectivity index (χ1v) is 16.1. The van der Waals surface area contributed by atoms with Crippen molar-refractivity contribution in [2.24, 2.45) is 5.41 Å². The molecule has 4 rings (SSSR count). The Bertz CT molecular complexity index is 1580. The maximum absolute atomic E-state index is 13.4. The largest absolute Gasteiger partial charge is 0.468 e. The molecule has 0 aliphatic rings. The van der Waals surface area contributed by atoms with Gasteiger partial charge in [-0.3, -0.25) is 19.2 Å². The molecule has 2 N–H and O–H groups in total. The van der Waals surface area contributed by atoms with E-state index in [1.54, 1.807) is 72.8 Å². The van der Waals surface area contributed by atoms with E-state index in [2.05, 4.69) is 10.6 Å². The van der Waals surface area contributed by atoms with Gasteiger partial charge in [0.1, 0.15) is 0 Å². The van der Waals surface area contributed by atoms with Crippen LogP contribution < -0.4 is 10.6 Å². The molecular weight excluding hydrogens is 616 g/mol. The summed E-state index contributed by atoms with van der Waals surface area (Å²) < 4.78 is 10.3. The monoisotopic (exact) mass is 658 g/mol. The summed E-state index contributed by atoms with van der Waals surface area (Å²) in [5, 5.41) is 6.11. The van der Waals surface area contributed by atoms with Crippen molar-refractivity contribution < 1.29 is 28.7 Å². The molecule has 8 heteroatoms. The Hall–Kier alpha value is -5.76. The van der Waals surface area contributed by atoms with Crippen LogP contribution in [0.15, 0.2) is 146 Å². The lowest BCUT2D eigenvalue weighted by Crippen LogP contribution is -2.41. The minimum atomic E-state index is -1.71. The predicted molar refractivity (Wildman–Crippen MR) is 190 cm³/mol. The number of allylic oxidation sites excluding steroid dienone is 2. The minimum absolute atomic E-state index is 0.0527. The Kier molecular flexibility index (Phi) is 13.7. The van der Waals surface area contributed by atoms with Gasteiger partial charge in [0.15, 0.2) is 5.41 Å². The van der Waals surface area contributed by atoms with E-state index >= 15 is 0 Å². The third-order valence-corrected chi connectivity index (χ3v) is 8.12. The first kappa shape index (κ1) is 36.1. The molecule has 2 atom stereocenters. The van der Waals surface area contributed by atoms with Crippen molar-refractivity contribution in [2.75, 3.05) is 14.2 Å². The van der Waals surface area contributed by atoms with Crippen molar-refractivity contribution in [1.29, 1.82) is 0 Å². The second-order valence-corrected chi connectivity index (χ2v) is 11.6. The number of carbonyl (C=O) groups is 4. The zero-order chi connectivity index (χ0) is 34.9. The minimum Gasteiger partial charge on any atom is -0.468 e. The normalized spacial score (nSPS) is 12.6. The Balaban J connectivity index is 1.58. The van der Waals surface area contributed by atoms with E-state index in [0.717, 1.165) is 11.1 Å². The van der Waals surface area contributed by atoms with Gasteiger partial charge in [-0.1, -0.05) is 121 Å². The fourth-order valence-corrected chi connectivity index (χ4v) is 5.51. The van der Waals surface area contributed by atoms with E-state index in [4.69, 9.17) is 9.47 Å². The molecule has 4 aromatic carbocycles. The summed E-state index contributed by atoms with van der Waals surface area (Å²) in [6.07, 6.45) is 7.86. The van der Waals surface area contributed by atoms with Gasteiger partial charge in [0.2, 0.25) is 0 Å². The summed E-state index contributed by atoms with van der Waals surface area (Å²) in [5.41, 5.74) is 1.33. The number of hydrogen-bond donors (Lipinski definition) is 2. The molecule has 0 bridgehead atoms. The van der Waals surface area contributed by atoms with Crippen LogP contribution in [0.3, 0.4) is 0 Å². The quantitative estimate of drug-likeness (QED) is 0.0832. The van der Waals surface area contributed by atoms with Crippen molar-refractivity contribution in [3.63, 3.8) is 0 Å². The van der Waals surface area contributed by atoms with Crippen LogP contribution in [0.4, 0.5) is 0 Å². The average Bonchev–Trinajstić information content (AvgIpc) is 3.14. The zero-order valence-electron chi connectivity index (χ0n) is 27.8. The molecule has 0 aromatic heterocycles. The van der Waals surface area contributed by atoms with Gasteiger partial charge >= 0.3 is 11.9 Å². The molecule has 0 aliphatic heterocycles. The van der Waals surface area contributed by atoms with E-state index in [1.165, 1.54) is 14.2 Å². The van der Waals surface area contributed by atoms with Crippen LogP contribution in [0, 0.1) is 5.41 Å². The third-order valence-electron chi connectivity index (χ3n) is 8.12. The van der Waals surface area contributed by atoms with Gasteiger partial charge in [0.05, 0.1) is 26.3 Å². The van der Waals surface area contributed by atoms with E-state index in [0.29, 0.717) is 24.0 Å². The second-order valence-electron chi connectivity index (χ2n) is 11.6. The van der Waals surface area contributed by atoms with Gasteiger partial charge in [0, 0.05) is 11.1 Å². The number of amides is 2. The van der Waals surface area contributed by atoms with Crippen LogP contribution in [0.1, 0.15) is 44.7 Å². The highest BCUT2D eigenvalue weighted by molar-refractivity contribution is 6.00. The summed E-state index contributed by atoms with van der Waals surface area (Å²) >= 11 is 0. The number of rotatable bonds is 16. The third kappa shape index (κ3) is 10.6. The highest BCUT2D eigenvalue weighted by Crippen LogP contribution is 2.32. The smallest absolute Gasteiger partial charge is 0.323 e. The second kappa shape index (κ2) is 18.5. The highest BCUT2D eigenvalue weighted by Gasteiger charge is 2.46. The average molecular weight is 659 g/mol. The molecule has 0 spiro atoms. The molecule has 2 amide bonds. The molecule has 0 heterocycles. The molecule has 0 saturated heterocycles. The van der Waals surface area contributed by atoms with Gasteiger partial charge in [-0.15, -0.1) is 0 Å². The van der Waals surface area contributed by atoms with Gasteiger partial charge in [-0.25, -0.2) is 0 Å². The molecule has 0 saturated carbocycles. The van der Waals surface area contributed by atoms with Crippen LogP contribution in [0.2, 0.25) is 0 Å². The molecule has 8 nitrogen and oxygen atoms in total. The predicted octanol–water partition coefficient (Wildman–Crippen LogP) is 6.29. The van der Waals surface area contributed by atoms with Gasteiger partial charge in [-0.2, -0.15) is 0 Å². The first-order chi connectivity index (χ1) is 23.8. The van der Waals surface area contributed by atoms with Gasteiger partial charge in [-0.05, 0) is 61.1 Å². The van der Waals surface area contributed by atoms with E-state index in [-0.39, 0.29) is 24.7 Å². The fourth-order valence-electron chi connectivity index (χ4n) is 5.51. The van der Waals surface area contributed by atoms with Crippen molar-refractivity contribution in [1.82, 2.24) is 10.6 Å². The lowest BCUT2D eigenvalue weighted by molar-refractivity contribution is -0.168. The Morgan fingerprint density at radius 2 is 0.878 bits per heavy atom. The molecular formula is C41H42N2O6. The summed E-state index contributed by atoms with van der Waals surface area (Å²) in [6.45, 7) is 0. The van der Waals surface area contributed by atoms with E-state index < -0.39 is 29.4 Å². The summed E-state index contributed by atoms with van der Waals surface area (Å²) in [5.74, 6) is -2.00. The number of methoxy groups -OCH3 is 2. The lowest BCUT2D eigenvalue weighted by Gasteiger charge is -2.26. The summed E-state index contributed by atoms with van der Waals surface area (Å²) in [4.78, 5) is 52.9. The Labute approximate surface area is 287 Å². The van der Waals surface area contributed by atoms with Crippen LogP contribution in [0.5, 0.6) is 0 Å². The maximum Gasteiger partial charge on any atom is 0.323 e. The van der Waals surface area contributed by atoms with E-state index in [9.17, 15) is 19.2 Å². The highest BCUT2D eigenvalue weighted by atomic mass is 16.5. The zero-order valence-corrected chi connectivity index (χ0v) is 27.8. The molecule has 252 valence electrons. The molecule has 0 aliphatic carbocycles. The molecule has 4 aromatic rings. The van der Waals surface area contributed by atoms with Crippen molar-refractivity contribution in [2.45, 2.75) is 37.8 Å². The first-order valence-electron chi connectivity index (χ1n) is 16.1. The Morgan fingerprint density at radius 3 is 1.20 bits per heavy atom. The molecule has 0 unspecified atom stereocenters. The van der Waals surface area contributed by atoms with Crippen LogP contribution >= 0.6 is 0 Å². The van der Waals surface area contributed by atoms with Gasteiger partial charge in [0.25, 0.3) is 11.8 Å². The number of carbonyl (C=O) groups excluding carboxylic acids is 4. The lowest BCUT2D eigenvalue weighted by atomic mass is 9.80. The SMILES string of the molecule is COC(=O)C(C/C=C/[C@H](Cc1ccccc1)NC(=O)c1ccccc1)(C/C=C/[C@H](Cc1ccccc1)NC(=O)c1ccccc1)C(=O)OC. The van der Waals surface area contributed by atoms with Crippen molar-refractivity contribution in [3.8, 4) is 0 Å². The van der Waals surface area contributed by atoms with Crippen molar-refractivity contribution >= 4 is 23.8 Å². The fraction of sp³-hybridized carbons (Fsp3) is 0.220. The standard InChI is InChI=1S/C41H42N2O6/c1-48-39(46)41(40(47)49-2,27-15-25-35(29-31-17-7-3-8-18-31)42-37(44)33-21-11-5-12-22-33)28-16-26-36(30-32-19-9-4-10-20-32)43-38(45)34-23-13-6-14-24-34/h3-26,35-36H,27-30H2,1-2H3,(H,42,44)(H,43,45)/b25-15+,26-16+/t35-,36-/m1/s1. The Morgan fingerprint density at radius 1 is 0.551 bits per heavy atom. The van der Waals surface area contributed by atoms with Crippen molar-refractivity contribution in [3.05, 3.63) is 168 Å². The summed E-state index contributed by atoms with van der Waals surface area (Å²) in [7, 11) is 2.45. The van der Waals surface area contributed by atoms with E-state index in [1.807, 2.05) is 72.8 Å². The number of hydrogen-bond acceptors (Lipinski definition) is 6. The number of esters is 2. The summed E-state index contributed by atoms with van der Waals surface area (Å²) in [6, 6.07) is 36.3. The number of benzene rings is 4. The van der Waals surface area contributed by atoms with Gasteiger partial charge < -0.3 is 20.1 Å². The number of ether oxygens (including phenoxy) is 2. The number of nitrogens with one attached hydrogen (secondary N) is 2. The molecule has 49 heavy (non-hydrogen) atoms.